The Bertz CT molecular complexity index is 1340. The highest BCUT2D eigenvalue weighted by Gasteiger charge is 2.84. The van der Waals surface area contributed by atoms with Crippen molar-refractivity contribution in [1.29, 1.82) is 0 Å². The molecule has 7 fully saturated rings. The van der Waals surface area contributed by atoms with Gasteiger partial charge in [0.2, 0.25) is 0 Å². The third-order valence-corrected chi connectivity index (χ3v) is 16.9. The van der Waals surface area contributed by atoms with E-state index >= 15 is 0 Å². The summed E-state index contributed by atoms with van der Waals surface area (Å²) in [6.45, 7) is 14.0. The minimum Gasteiger partial charge on any atom is -0.393 e. The van der Waals surface area contributed by atoms with Gasteiger partial charge < -0.3 is 64.9 Å². The molecule has 0 amide bonds. The molecule has 13 heteroatoms. The summed E-state index contributed by atoms with van der Waals surface area (Å²) in [6.07, 6.45) is -6.14. The topological polar surface area (TPSA) is 219 Å². The van der Waals surface area contributed by atoms with Crippen molar-refractivity contribution in [2.24, 2.45) is 50.7 Å². The van der Waals surface area contributed by atoms with Crippen LogP contribution in [0.5, 0.6) is 0 Å². The highest BCUT2D eigenvalue weighted by Crippen LogP contribution is 2.89. The van der Waals surface area contributed by atoms with Gasteiger partial charge in [0.15, 0.2) is 12.6 Å². The van der Waals surface area contributed by atoms with Gasteiger partial charge in [-0.05, 0) is 122 Å². The maximum absolute atomic E-state index is 12.3. The average molecular weight is 757 g/mol. The maximum Gasteiger partial charge on any atom is 0.186 e. The smallest absolute Gasteiger partial charge is 0.186 e. The van der Waals surface area contributed by atoms with Crippen LogP contribution in [0, 0.1) is 50.7 Å². The van der Waals surface area contributed by atoms with E-state index in [1.165, 1.54) is 0 Å². The molecule has 2 saturated heterocycles. The molecule has 7 aliphatic rings. The van der Waals surface area contributed by atoms with Crippen molar-refractivity contribution in [3.05, 3.63) is 0 Å². The molecule has 11 unspecified atom stereocenters. The molecule has 53 heavy (non-hydrogen) atoms. The zero-order valence-electron chi connectivity index (χ0n) is 32.7. The molecule has 0 aromatic carbocycles. The summed E-state index contributed by atoms with van der Waals surface area (Å²) in [5, 5.41) is 97.2. The van der Waals surface area contributed by atoms with Crippen LogP contribution in [-0.2, 0) is 18.9 Å². The lowest BCUT2D eigenvalue weighted by atomic mass is 9.41. The lowest BCUT2D eigenvalue weighted by Crippen LogP contribution is -2.63. The Morgan fingerprint density at radius 3 is 2.04 bits per heavy atom. The van der Waals surface area contributed by atoms with E-state index < -0.39 is 84.6 Å². The van der Waals surface area contributed by atoms with Gasteiger partial charge in [0.25, 0.3) is 0 Å². The molecule has 5 aliphatic carbocycles. The summed E-state index contributed by atoms with van der Waals surface area (Å²) < 4.78 is 24.0. The van der Waals surface area contributed by atoms with Gasteiger partial charge >= 0.3 is 0 Å². The van der Waals surface area contributed by atoms with Gasteiger partial charge in [-0.1, -0.05) is 34.6 Å². The fraction of sp³-hybridized carbons (Fsp3) is 1.00. The van der Waals surface area contributed by atoms with Crippen LogP contribution in [0.2, 0.25) is 0 Å². The quantitative estimate of drug-likeness (QED) is 0.151. The first-order valence-corrected chi connectivity index (χ1v) is 20.3. The largest absolute Gasteiger partial charge is 0.393 e. The van der Waals surface area contributed by atoms with Crippen molar-refractivity contribution in [2.75, 3.05) is 13.2 Å². The molecular formula is C40H68O13. The molecule has 2 aliphatic heterocycles. The Morgan fingerprint density at radius 2 is 1.38 bits per heavy atom. The van der Waals surface area contributed by atoms with Gasteiger partial charge in [-0.25, -0.2) is 0 Å². The SMILES string of the molecule is C[C@H](CC[C@@H](O)C(C)(C)O)C1[C@H](O)C[C@@]2(C)C3C[C@H](O)C4C(C)(C)[C@@H](OC5OCC(O)C(O)C5OC5OCC(O)C(O)C5O)CC[C@@]45C[C@@]35CC[C@]12C. The third-order valence-electron chi connectivity index (χ3n) is 16.9. The van der Waals surface area contributed by atoms with Crippen molar-refractivity contribution in [1.82, 2.24) is 0 Å². The molecular weight excluding hydrogens is 688 g/mol. The van der Waals surface area contributed by atoms with E-state index in [2.05, 4.69) is 34.6 Å². The van der Waals surface area contributed by atoms with Gasteiger partial charge in [-0.3, -0.25) is 0 Å². The van der Waals surface area contributed by atoms with Crippen molar-refractivity contribution >= 4 is 0 Å². The standard InChI is InChI=1S/C40H68O13/c1-19(8-9-25(45)36(4,5)49)27-21(42)15-38(7)24-14-20(41)32-35(2,3)26(10-11-40(32)18-39(24,40)13-12-37(27,38)6)52-34-31(29(47)23(44)17-51-34)53-33-30(48)28(46)22(43)16-50-33/h19-34,41-49H,8-18H2,1-7H3/t19-,20+,21-,22?,23?,24?,25-,26+,27?,28?,29?,30?,31?,32?,33?,34?,37-,38+,39+,40-/m1/s1. The normalized spacial score (nSPS) is 54.6. The molecule has 9 N–H and O–H groups in total. The Morgan fingerprint density at radius 1 is 0.736 bits per heavy atom. The van der Waals surface area contributed by atoms with Gasteiger partial charge in [0, 0.05) is 0 Å². The molecule has 306 valence electrons. The highest BCUT2D eigenvalue weighted by molar-refractivity contribution is 5.32. The van der Waals surface area contributed by atoms with Gasteiger partial charge in [0.1, 0.15) is 36.6 Å². The van der Waals surface area contributed by atoms with E-state index in [0.717, 1.165) is 25.7 Å². The van der Waals surface area contributed by atoms with Crippen molar-refractivity contribution in [3.8, 4) is 0 Å². The first-order chi connectivity index (χ1) is 24.6. The molecule has 0 aromatic heterocycles. The molecule has 0 radical (unpaired) electrons. The van der Waals surface area contributed by atoms with Crippen molar-refractivity contribution < 1.29 is 64.9 Å². The molecule has 0 aromatic rings. The fourth-order valence-electron chi connectivity index (χ4n) is 13.9. The van der Waals surface area contributed by atoms with E-state index in [4.69, 9.17) is 18.9 Å². The predicted octanol–water partition coefficient (Wildman–Crippen LogP) is 1.20. The number of rotatable bonds is 9. The Balaban J connectivity index is 1.09. The number of hydrogen-bond donors (Lipinski definition) is 9. The Hall–Kier alpha value is -0.520. The Labute approximate surface area is 314 Å². The van der Waals surface area contributed by atoms with E-state index in [0.29, 0.717) is 32.1 Å². The second-order valence-corrected chi connectivity index (χ2v) is 20.3. The van der Waals surface area contributed by atoms with Crippen molar-refractivity contribution in [3.63, 3.8) is 0 Å². The van der Waals surface area contributed by atoms with Gasteiger partial charge in [-0.2, -0.15) is 0 Å². The van der Waals surface area contributed by atoms with Crippen LogP contribution in [-0.4, -0.2) is 138 Å². The number of aliphatic hydroxyl groups excluding tert-OH is 8. The van der Waals surface area contributed by atoms with Crippen LogP contribution in [0.15, 0.2) is 0 Å². The molecule has 7 rings (SSSR count). The minimum absolute atomic E-state index is 0.0511. The van der Waals surface area contributed by atoms with Gasteiger partial charge in [-0.15, -0.1) is 0 Å². The zero-order valence-corrected chi connectivity index (χ0v) is 32.7. The lowest BCUT2D eigenvalue weighted by molar-refractivity contribution is -0.356. The average Bonchev–Trinajstić information content (AvgIpc) is 3.66. The number of fused-ring (bicyclic) bond motifs is 2. The molecule has 2 heterocycles. The second kappa shape index (κ2) is 13.5. The molecule has 2 spiro atoms. The molecule has 0 bridgehead atoms. The number of aliphatic hydroxyl groups is 9. The van der Waals surface area contributed by atoms with E-state index in [1.807, 2.05) is 0 Å². The van der Waals surface area contributed by atoms with Crippen LogP contribution >= 0.6 is 0 Å². The first-order valence-electron chi connectivity index (χ1n) is 20.3. The maximum atomic E-state index is 12.3. The van der Waals surface area contributed by atoms with Crippen LogP contribution in [0.3, 0.4) is 0 Å². The zero-order chi connectivity index (χ0) is 38.8. The summed E-state index contributed by atoms with van der Waals surface area (Å²) in [5.74, 6) is 0.384. The van der Waals surface area contributed by atoms with Crippen LogP contribution < -0.4 is 0 Å². The summed E-state index contributed by atoms with van der Waals surface area (Å²) in [4.78, 5) is 0. The minimum atomic E-state index is -1.60. The highest BCUT2D eigenvalue weighted by atomic mass is 16.7. The lowest BCUT2D eigenvalue weighted by Gasteiger charge is -2.64. The fourth-order valence-corrected chi connectivity index (χ4v) is 13.9. The van der Waals surface area contributed by atoms with Crippen molar-refractivity contribution in [2.45, 2.75) is 185 Å². The first kappa shape index (κ1) is 40.7. The predicted molar refractivity (Wildman–Crippen MR) is 190 cm³/mol. The second-order valence-electron chi connectivity index (χ2n) is 20.3. The molecule has 13 nitrogen and oxygen atoms in total. The number of hydrogen-bond acceptors (Lipinski definition) is 13. The van der Waals surface area contributed by atoms with E-state index in [-0.39, 0.29) is 58.5 Å². The Kier molecular flexibility index (Phi) is 10.4. The van der Waals surface area contributed by atoms with E-state index in [9.17, 15) is 46.0 Å². The van der Waals surface area contributed by atoms with Crippen LogP contribution in [0.25, 0.3) is 0 Å². The summed E-state index contributed by atoms with van der Waals surface area (Å²) >= 11 is 0. The van der Waals surface area contributed by atoms with Gasteiger partial charge in [0.05, 0.1) is 43.2 Å². The van der Waals surface area contributed by atoms with E-state index in [1.54, 1.807) is 13.8 Å². The summed E-state index contributed by atoms with van der Waals surface area (Å²) in [7, 11) is 0. The third kappa shape index (κ3) is 6.04. The summed E-state index contributed by atoms with van der Waals surface area (Å²) in [5.41, 5.74) is -2.05. The van der Waals surface area contributed by atoms with Crippen LogP contribution in [0.4, 0.5) is 0 Å². The molecule has 20 atom stereocenters. The monoisotopic (exact) mass is 756 g/mol. The number of ether oxygens (including phenoxy) is 4. The molecule has 5 saturated carbocycles. The summed E-state index contributed by atoms with van der Waals surface area (Å²) in [6, 6.07) is 0. The van der Waals surface area contributed by atoms with Crippen LogP contribution in [0.1, 0.15) is 106 Å².